The number of nitrogens with zero attached hydrogens (tertiary/aromatic N) is 4. The van der Waals surface area contributed by atoms with Crippen LogP contribution in [-0.2, 0) is 0 Å². The number of aryl methyl sites for hydroxylation is 1. The second-order valence-corrected chi connectivity index (χ2v) is 9.09. The molecule has 2 saturated heterocycles. The molecule has 0 unspecified atom stereocenters. The number of nitrogens with one attached hydrogen (secondary N) is 1. The van der Waals surface area contributed by atoms with Gasteiger partial charge in [-0.05, 0) is 57.4 Å². The van der Waals surface area contributed by atoms with Crippen molar-refractivity contribution in [2.45, 2.75) is 45.7 Å². The van der Waals surface area contributed by atoms with Crippen LogP contribution in [0.15, 0.2) is 36.7 Å². The number of benzene rings is 1. The molecule has 0 saturated carbocycles. The highest BCUT2D eigenvalue weighted by Crippen LogP contribution is 2.35. The lowest BCUT2D eigenvalue weighted by atomic mass is 9.97. The van der Waals surface area contributed by atoms with Gasteiger partial charge in [-0.2, -0.15) is 0 Å². The number of carbonyl (C=O) groups is 1. The van der Waals surface area contributed by atoms with Crippen LogP contribution >= 0.6 is 0 Å². The third kappa shape index (κ3) is 3.54. The van der Waals surface area contributed by atoms with E-state index >= 15 is 0 Å². The molecule has 2 atom stereocenters. The summed E-state index contributed by atoms with van der Waals surface area (Å²) < 4.78 is 16.5. The predicted octanol–water partition coefficient (Wildman–Crippen LogP) is 3.87. The molecule has 6 nitrogen and oxygen atoms in total. The fourth-order valence-electron chi connectivity index (χ4n) is 5.18. The number of piperazine rings is 1. The number of carbonyl (C=O) groups excluding carboxylic acids is 1. The number of halogens is 1. The van der Waals surface area contributed by atoms with Crippen molar-refractivity contribution in [2.24, 2.45) is 0 Å². The molecule has 0 radical (unpaired) electrons. The van der Waals surface area contributed by atoms with E-state index in [0.717, 1.165) is 67.2 Å². The van der Waals surface area contributed by atoms with Gasteiger partial charge in [-0.25, -0.2) is 9.37 Å². The second kappa shape index (κ2) is 8.20. The van der Waals surface area contributed by atoms with Crippen LogP contribution in [0.4, 0.5) is 10.1 Å². The van der Waals surface area contributed by atoms with Gasteiger partial charge in [0.1, 0.15) is 11.6 Å². The number of pyridine rings is 1. The molecule has 1 N–H and O–H groups in total. The molecule has 0 spiro atoms. The molecule has 1 aromatic carbocycles. The van der Waals surface area contributed by atoms with Crippen molar-refractivity contribution in [2.75, 3.05) is 31.1 Å². The van der Waals surface area contributed by atoms with Crippen LogP contribution in [0.1, 0.15) is 42.9 Å². The van der Waals surface area contributed by atoms with Crippen LogP contribution in [0, 0.1) is 12.7 Å². The number of aromatic nitrogens is 2. The minimum atomic E-state index is -0.393. The van der Waals surface area contributed by atoms with Gasteiger partial charge in [0.25, 0.3) is 5.91 Å². The summed E-state index contributed by atoms with van der Waals surface area (Å²) in [6.45, 7) is 9.81. The zero-order chi connectivity index (χ0) is 22.4. The fourth-order valence-corrected chi connectivity index (χ4v) is 5.18. The Morgan fingerprint density at radius 3 is 2.53 bits per heavy atom. The summed E-state index contributed by atoms with van der Waals surface area (Å²) in [6, 6.07) is 7.01. The molecule has 2 aliphatic rings. The molecule has 2 aliphatic heterocycles. The summed E-state index contributed by atoms with van der Waals surface area (Å²) in [6.07, 6.45) is 5.90. The van der Waals surface area contributed by atoms with E-state index in [-0.39, 0.29) is 18.0 Å². The average molecular weight is 436 g/mol. The largest absolute Gasteiger partial charge is 0.368 e. The normalized spacial score (nSPS) is 21.5. The Morgan fingerprint density at radius 1 is 1.09 bits per heavy atom. The van der Waals surface area contributed by atoms with Crippen molar-refractivity contribution in [3.8, 4) is 11.1 Å². The first-order valence-corrected chi connectivity index (χ1v) is 11.5. The Bertz CT molecular complexity index is 1160. The average Bonchev–Trinajstić information content (AvgIpc) is 3.35. The highest BCUT2D eigenvalue weighted by atomic mass is 19.1. The van der Waals surface area contributed by atoms with Crippen LogP contribution in [-0.4, -0.2) is 58.5 Å². The first-order valence-electron chi connectivity index (χ1n) is 11.5. The fraction of sp³-hybridized carbons (Fsp3) is 0.440. The van der Waals surface area contributed by atoms with Gasteiger partial charge in [0.2, 0.25) is 0 Å². The highest BCUT2D eigenvalue weighted by Gasteiger charge is 2.33. The van der Waals surface area contributed by atoms with Gasteiger partial charge < -0.3 is 19.5 Å². The molecular weight excluding hydrogens is 405 g/mol. The van der Waals surface area contributed by atoms with Gasteiger partial charge in [-0.1, -0.05) is 6.07 Å². The van der Waals surface area contributed by atoms with Crippen molar-refractivity contribution >= 4 is 17.1 Å². The Balaban J connectivity index is 1.68. The topological polar surface area (TPSA) is 52.9 Å². The summed E-state index contributed by atoms with van der Waals surface area (Å²) in [5.74, 6) is 0.393. The first-order chi connectivity index (χ1) is 15.4. The van der Waals surface area contributed by atoms with Crippen LogP contribution in [0.25, 0.3) is 16.6 Å². The number of hydrogen-bond acceptors (Lipinski definition) is 4. The van der Waals surface area contributed by atoms with Crippen LogP contribution in [0.2, 0.25) is 0 Å². The molecule has 32 heavy (non-hydrogen) atoms. The summed E-state index contributed by atoms with van der Waals surface area (Å²) >= 11 is 0. The predicted molar refractivity (Wildman–Crippen MR) is 125 cm³/mol. The minimum absolute atomic E-state index is 0.0982. The van der Waals surface area contributed by atoms with Gasteiger partial charge in [-0.3, -0.25) is 4.79 Å². The van der Waals surface area contributed by atoms with E-state index < -0.39 is 5.82 Å². The van der Waals surface area contributed by atoms with E-state index in [1.54, 1.807) is 6.07 Å². The summed E-state index contributed by atoms with van der Waals surface area (Å²) in [4.78, 5) is 22.4. The van der Waals surface area contributed by atoms with Gasteiger partial charge >= 0.3 is 0 Å². The number of rotatable bonds is 3. The molecule has 2 aromatic heterocycles. The van der Waals surface area contributed by atoms with Crippen molar-refractivity contribution in [3.05, 3.63) is 53.9 Å². The minimum Gasteiger partial charge on any atom is -0.368 e. The van der Waals surface area contributed by atoms with E-state index in [9.17, 15) is 9.18 Å². The van der Waals surface area contributed by atoms with Crippen molar-refractivity contribution in [1.29, 1.82) is 0 Å². The molecule has 3 aromatic rings. The molecule has 0 aliphatic carbocycles. The van der Waals surface area contributed by atoms with E-state index in [4.69, 9.17) is 0 Å². The lowest BCUT2D eigenvalue weighted by molar-refractivity contribution is 0.0693. The lowest BCUT2D eigenvalue weighted by Crippen LogP contribution is -2.43. The number of likely N-dealkylation sites (tertiary alicyclic amines) is 1. The summed E-state index contributed by atoms with van der Waals surface area (Å²) in [5, 5.41) is 3.39. The second-order valence-electron chi connectivity index (χ2n) is 9.09. The molecular formula is C25H30FN5O. The Labute approximate surface area is 188 Å². The number of fused-ring (bicyclic) bond motifs is 1. The molecule has 5 rings (SSSR count). The smallest absolute Gasteiger partial charge is 0.255 e. The molecule has 168 valence electrons. The standard InChI is InChI=1S/C25H30FN5O/c1-16-4-5-17(2)31(16)25(32)23-12-19(26)6-7-21(23)22-13-20(29-10-8-27-9-11-29)15-30-18(3)28-14-24(22)30/h6-7,12-17,27H,4-5,8-11H2,1-3H3/t16-,17+. The number of imidazole rings is 1. The van der Waals surface area contributed by atoms with Crippen LogP contribution in [0.3, 0.4) is 0 Å². The molecule has 7 heteroatoms. The molecule has 0 bridgehead atoms. The Hall–Kier alpha value is -2.93. The maximum atomic E-state index is 14.4. The summed E-state index contributed by atoms with van der Waals surface area (Å²) in [5.41, 5.74) is 4.09. The van der Waals surface area contributed by atoms with Crippen LogP contribution < -0.4 is 10.2 Å². The van der Waals surface area contributed by atoms with Crippen molar-refractivity contribution in [3.63, 3.8) is 0 Å². The summed E-state index contributed by atoms with van der Waals surface area (Å²) in [7, 11) is 0. The molecule has 2 fully saturated rings. The molecule has 4 heterocycles. The third-order valence-corrected chi connectivity index (χ3v) is 6.98. The van der Waals surface area contributed by atoms with Crippen molar-refractivity contribution < 1.29 is 9.18 Å². The van der Waals surface area contributed by atoms with Gasteiger partial charge in [0.05, 0.1) is 23.0 Å². The van der Waals surface area contributed by atoms with E-state index in [1.165, 1.54) is 12.1 Å². The van der Waals surface area contributed by atoms with Gasteiger partial charge in [-0.15, -0.1) is 0 Å². The monoisotopic (exact) mass is 435 g/mol. The van der Waals surface area contributed by atoms with Crippen molar-refractivity contribution in [1.82, 2.24) is 19.6 Å². The molecule has 1 amide bonds. The SMILES string of the molecule is Cc1ncc2c(-c3ccc(F)cc3C(=O)N3[C@H](C)CC[C@@H]3C)cc(N3CCNCC3)cn12. The Kier molecular flexibility index (Phi) is 5.37. The third-order valence-electron chi connectivity index (χ3n) is 6.98. The number of hydrogen-bond donors (Lipinski definition) is 1. The zero-order valence-electron chi connectivity index (χ0n) is 18.9. The zero-order valence-corrected chi connectivity index (χ0v) is 18.9. The maximum Gasteiger partial charge on any atom is 0.255 e. The Morgan fingerprint density at radius 2 is 1.81 bits per heavy atom. The van der Waals surface area contributed by atoms with Gasteiger partial charge in [0, 0.05) is 50.0 Å². The first kappa shape index (κ1) is 20.9. The quantitative estimate of drug-likeness (QED) is 0.679. The van der Waals surface area contributed by atoms with Gasteiger partial charge in [0.15, 0.2) is 0 Å². The number of anilines is 1. The highest BCUT2D eigenvalue weighted by molar-refractivity contribution is 6.03. The van der Waals surface area contributed by atoms with E-state index in [0.29, 0.717) is 5.56 Å². The lowest BCUT2D eigenvalue weighted by Gasteiger charge is -2.30. The van der Waals surface area contributed by atoms with E-state index in [1.807, 2.05) is 18.0 Å². The van der Waals surface area contributed by atoms with E-state index in [2.05, 4.69) is 45.7 Å². The maximum absolute atomic E-state index is 14.4. The van der Waals surface area contributed by atoms with Crippen LogP contribution in [0.5, 0.6) is 0 Å². The number of amides is 1.